The van der Waals surface area contributed by atoms with Crippen LogP contribution in [0.2, 0.25) is 0 Å². The molecule has 0 aliphatic rings. The van der Waals surface area contributed by atoms with Crippen molar-refractivity contribution in [2.45, 2.75) is 20.3 Å². The molecule has 6 heteroatoms. The van der Waals surface area contributed by atoms with Gasteiger partial charge in [0.15, 0.2) is 11.4 Å². The number of carbonyl (C=O) groups is 1. The van der Waals surface area contributed by atoms with Crippen molar-refractivity contribution in [3.63, 3.8) is 0 Å². The molecule has 22 heavy (non-hydrogen) atoms. The topological polar surface area (TPSA) is 73.2 Å². The predicted octanol–water partition coefficient (Wildman–Crippen LogP) is 1.69. The lowest BCUT2D eigenvalue weighted by Crippen LogP contribution is -2.30. The van der Waals surface area contributed by atoms with E-state index in [1.54, 1.807) is 12.1 Å². The van der Waals surface area contributed by atoms with E-state index in [-0.39, 0.29) is 22.9 Å². The van der Waals surface area contributed by atoms with E-state index >= 15 is 0 Å². The Kier molecular flexibility index (Phi) is 4.93. The van der Waals surface area contributed by atoms with E-state index in [0.29, 0.717) is 12.2 Å². The summed E-state index contributed by atoms with van der Waals surface area (Å²) in [6, 6.07) is 8.59. The number of aryl methyl sites for hydroxylation is 1. The van der Waals surface area contributed by atoms with Crippen molar-refractivity contribution in [2.24, 2.45) is 0 Å². The zero-order chi connectivity index (χ0) is 16.1. The Morgan fingerprint density at radius 3 is 2.59 bits per heavy atom. The van der Waals surface area contributed by atoms with Crippen LogP contribution in [-0.4, -0.2) is 29.3 Å². The van der Waals surface area contributed by atoms with Gasteiger partial charge in [0.2, 0.25) is 0 Å². The van der Waals surface area contributed by atoms with Crippen molar-refractivity contribution < 1.29 is 9.53 Å². The Balaban J connectivity index is 2.49. The zero-order valence-corrected chi connectivity index (χ0v) is 12.9. The number of methoxy groups -OCH3 is 1. The summed E-state index contributed by atoms with van der Waals surface area (Å²) in [7, 11) is 1.41. The summed E-state index contributed by atoms with van der Waals surface area (Å²) < 4.78 is 6.30. The summed E-state index contributed by atoms with van der Waals surface area (Å²) in [6.45, 7) is 4.45. The fourth-order valence-electron chi connectivity index (χ4n) is 1.95. The highest BCUT2D eigenvalue weighted by Gasteiger charge is 2.17. The molecule has 0 radical (unpaired) electrons. The van der Waals surface area contributed by atoms with Crippen molar-refractivity contribution in [3.05, 3.63) is 51.9 Å². The van der Waals surface area contributed by atoms with Gasteiger partial charge in [0.25, 0.3) is 11.5 Å². The Bertz CT molecular complexity index is 720. The maximum absolute atomic E-state index is 12.2. The van der Waals surface area contributed by atoms with E-state index in [1.807, 2.05) is 26.0 Å². The first-order valence-electron chi connectivity index (χ1n) is 7.10. The maximum Gasteiger partial charge on any atom is 0.275 e. The summed E-state index contributed by atoms with van der Waals surface area (Å²) >= 11 is 0. The Hall–Kier alpha value is -2.63. The molecule has 1 heterocycles. The average molecular weight is 301 g/mol. The van der Waals surface area contributed by atoms with E-state index in [2.05, 4.69) is 10.4 Å². The average Bonchev–Trinajstić information content (AvgIpc) is 2.53. The first-order valence-corrected chi connectivity index (χ1v) is 7.10. The predicted molar refractivity (Wildman–Crippen MR) is 83.7 cm³/mol. The molecule has 0 saturated carbocycles. The number of carbonyl (C=O) groups excluding carboxylic acids is 1. The standard InChI is InChI=1S/C16H19N3O3/c1-4-9-17-16(21)15-13(22-3)10-14(20)19(18-15)12-7-5-11(2)6-8-12/h5-8,10H,4,9H2,1-3H3,(H,17,21). The lowest BCUT2D eigenvalue weighted by Gasteiger charge is -2.11. The van der Waals surface area contributed by atoms with Crippen LogP contribution in [0.5, 0.6) is 5.75 Å². The minimum absolute atomic E-state index is 0.0936. The lowest BCUT2D eigenvalue weighted by atomic mass is 10.2. The van der Waals surface area contributed by atoms with Crippen LogP contribution in [-0.2, 0) is 0 Å². The molecule has 0 saturated heterocycles. The van der Waals surface area contributed by atoms with Crippen LogP contribution >= 0.6 is 0 Å². The highest BCUT2D eigenvalue weighted by Crippen LogP contribution is 2.14. The first-order chi connectivity index (χ1) is 10.6. The SMILES string of the molecule is CCCNC(=O)c1nn(-c2ccc(C)cc2)c(=O)cc1OC. The van der Waals surface area contributed by atoms with Crippen LogP contribution < -0.4 is 15.6 Å². The van der Waals surface area contributed by atoms with Gasteiger partial charge in [-0.15, -0.1) is 0 Å². The minimum atomic E-state index is -0.362. The van der Waals surface area contributed by atoms with Crippen LogP contribution in [0.15, 0.2) is 35.1 Å². The fourth-order valence-corrected chi connectivity index (χ4v) is 1.95. The number of hydrogen-bond donors (Lipinski definition) is 1. The lowest BCUT2D eigenvalue weighted by molar-refractivity contribution is 0.0943. The summed E-state index contributed by atoms with van der Waals surface area (Å²) in [5.74, 6) is -0.193. The number of nitrogens with zero attached hydrogens (tertiary/aromatic N) is 2. The van der Waals surface area contributed by atoms with E-state index in [9.17, 15) is 9.59 Å². The van der Waals surface area contributed by atoms with Crippen molar-refractivity contribution in [1.29, 1.82) is 0 Å². The van der Waals surface area contributed by atoms with E-state index < -0.39 is 0 Å². The van der Waals surface area contributed by atoms with Crippen LogP contribution in [0.1, 0.15) is 29.4 Å². The number of amides is 1. The molecule has 6 nitrogen and oxygen atoms in total. The summed E-state index contributed by atoms with van der Waals surface area (Å²) in [5.41, 5.74) is 1.41. The molecule has 1 N–H and O–H groups in total. The summed E-state index contributed by atoms with van der Waals surface area (Å²) in [4.78, 5) is 24.3. The molecule has 116 valence electrons. The second kappa shape index (κ2) is 6.89. The smallest absolute Gasteiger partial charge is 0.275 e. The van der Waals surface area contributed by atoms with Crippen molar-refractivity contribution in [2.75, 3.05) is 13.7 Å². The quantitative estimate of drug-likeness (QED) is 0.912. The molecule has 2 rings (SSSR count). The Morgan fingerprint density at radius 1 is 1.32 bits per heavy atom. The van der Waals surface area contributed by atoms with E-state index in [4.69, 9.17) is 4.74 Å². The van der Waals surface area contributed by atoms with Gasteiger partial charge in [0.05, 0.1) is 18.9 Å². The van der Waals surface area contributed by atoms with Crippen LogP contribution in [0.4, 0.5) is 0 Å². The van der Waals surface area contributed by atoms with E-state index in [1.165, 1.54) is 17.9 Å². The molecule has 2 aromatic rings. The number of hydrogen-bond acceptors (Lipinski definition) is 4. The third-order valence-electron chi connectivity index (χ3n) is 3.15. The van der Waals surface area contributed by atoms with Gasteiger partial charge in [-0.05, 0) is 25.5 Å². The molecule has 1 aromatic carbocycles. The second-order valence-electron chi connectivity index (χ2n) is 4.90. The molecule has 0 atom stereocenters. The van der Waals surface area contributed by atoms with Crippen LogP contribution in [0.3, 0.4) is 0 Å². The normalized spacial score (nSPS) is 10.3. The van der Waals surface area contributed by atoms with Gasteiger partial charge in [-0.1, -0.05) is 24.6 Å². The van der Waals surface area contributed by atoms with Gasteiger partial charge < -0.3 is 10.1 Å². The molecule has 0 aliphatic carbocycles. The minimum Gasteiger partial charge on any atom is -0.494 e. The van der Waals surface area contributed by atoms with Crippen LogP contribution in [0.25, 0.3) is 5.69 Å². The maximum atomic E-state index is 12.2. The molecule has 1 aromatic heterocycles. The van der Waals surface area contributed by atoms with Crippen LogP contribution in [0, 0.1) is 6.92 Å². The highest BCUT2D eigenvalue weighted by molar-refractivity contribution is 5.94. The third-order valence-corrected chi connectivity index (χ3v) is 3.15. The number of nitrogens with one attached hydrogen (secondary N) is 1. The zero-order valence-electron chi connectivity index (χ0n) is 12.9. The largest absolute Gasteiger partial charge is 0.494 e. The number of benzene rings is 1. The van der Waals surface area contributed by atoms with Gasteiger partial charge in [0, 0.05) is 6.54 Å². The summed E-state index contributed by atoms with van der Waals surface area (Å²) in [5, 5.41) is 6.90. The van der Waals surface area contributed by atoms with Gasteiger partial charge in [-0.25, -0.2) is 0 Å². The molecule has 0 unspecified atom stereocenters. The number of aromatic nitrogens is 2. The van der Waals surface area contributed by atoms with Gasteiger partial charge >= 0.3 is 0 Å². The molecule has 0 aliphatic heterocycles. The molecule has 0 bridgehead atoms. The molecular formula is C16H19N3O3. The molecule has 0 spiro atoms. The monoisotopic (exact) mass is 301 g/mol. The molecule has 1 amide bonds. The van der Waals surface area contributed by atoms with Crippen molar-refractivity contribution in [3.8, 4) is 11.4 Å². The summed E-state index contributed by atoms with van der Waals surface area (Å²) in [6.07, 6.45) is 0.811. The molecular weight excluding hydrogens is 282 g/mol. The Morgan fingerprint density at radius 2 is 2.00 bits per heavy atom. The Labute approximate surface area is 128 Å². The highest BCUT2D eigenvalue weighted by atomic mass is 16.5. The van der Waals surface area contributed by atoms with Crippen molar-refractivity contribution >= 4 is 5.91 Å². The van der Waals surface area contributed by atoms with E-state index in [0.717, 1.165) is 12.0 Å². The van der Waals surface area contributed by atoms with Crippen molar-refractivity contribution in [1.82, 2.24) is 15.1 Å². The van der Waals surface area contributed by atoms with Gasteiger partial charge in [-0.2, -0.15) is 9.78 Å². The van der Waals surface area contributed by atoms with Gasteiger partial charge in [0.1, 0.15) is 0 Å². The fraction of sp³-hybridized carbons (Fsp3) is 0.312. The molecule has 0 fully saturated rings. The van der Waals surface area contributed by atoms with Gasteiger partial charge in [-0.3, -0.25) is 9.59 Å². The number of rotatable bonds is 5. The number of ether oxygens (including phenoxy) is 1. The third kappa shape index (κ3) is 3.33. The second-order valence-corrected chi connectivity index (χ2v) is 4.90. The first kappa shape index (κ1) is 15.8.